The van der Waals surface area contributed by atoms with Gasteiger partial charge < -0.3 is 0 Å². The Bertz CT molecular complexity index is 237. The highest BCUT2D eigenvalue weighted by Crippen LogP contribution is 2.19. The van der Waals surface area contributed by atoms with Gasteiger partial charge in [-0.3, -0.25) is 4.68 Å². The first kappa shape index (κ1) is 11.8. The lowest BCUT2D eigenvalue weighted by Gasteiger charge is -2.13. The molecule has 1 rings (SSSR count). The molecule has 1 aromatic rings. The third kappa shape index (κ3) is 2.68. The summed E-state index contributed by atoms with van der Waals surface area (Å²) in [6, 6.07) is 2.43. The van der Waals surface area contributed by atoms with Crippen LogP contribution in [0.3, 0.4) is 0 Å². The van der Waals surface area contributed by atoms with E-state index in [2.05, 4.69) is 25.9 Å². The van der Waals surface area contributed by atoms with Crippen molar-refractivity contribution in [2.75, 3.05) is 0 Å². The molecule has 0 aliphatic rings. The summed E-state index contributed by atoms with van der Waals surface area (Å²) in [5.74, 6) is 0. The smallest absolute Gasteiger partial charge is 0.115 e. The summed E-state index contributed by atoms with van der Waals surface area (Å²) in [5.41, 5.74) is 1.20. The van der Waals surface area contributed by atoms with Crippen molar-refractivity contribution in [1.82, 2.24) is 9.78 Å². The van der Waals surface area contributed by atoms with E-state index in [0.29, 0.717) is 6.00 Å². The molecule has 0 aliphatic carbocycles. The van der Waals surface area contributed by atoms with Crippen LogP contribution in [0.4, 0.5) is 0 Å². The number of halogens is 2. The fraction of sp³-hybridized carbons (Fsp3) is 0.625. The molecule has 4 heteroatoms. The Morgan fingerprint density at radius 3 is 2.33 bits per heavy atom. The van der Waals surface area contributed by atoms with Crippen molar-refractivity contribution in [3.63, 3.8) is 0 Å². The van der Waals surface area contributed by atoms with Crippen molar-refractivity contribution in [2.45, 2.75) is 32.2 Å². The molecule has 2 nitrogen and oxygen atoms in total. The van der Waals surface area contributed by atoms with E-state index in [0.717, 1.165) is 5.69 Å². The number of hydrogen-bond acceptors (Lipinski definition) is 1. The maximum atomic E-state index is 5.59. The Morgan fingerprint density at radius 1 is 1.50 bits per heavy atom. The maximum Gasteiger partial charge on any atom is 0.115 e. The molecule has 12 heavy (non-hydrogen) atoms. The second kappa shape index (κ2) is 4.15. The molecule has 0 amide bonds. The van der Waals surface area contributed by atoms with E-state index in [1.165, 1.54) is 0 Å². The highest BCUT2D eigenvalue weighted by molar-refractivity contribution is 6.15. The van der Waals surface area contributed by atoms with Gasteiger partial charge in [-0.1, -0.05) is 20.8 Å². The van der Waals surface area contributed by atoms with Gasteiger partial charge in [-0.15, -0.1) is 24.0 Å². The van der Waals surface area contributed by atoms with Crippen LogP contribution in [-0.4, -0.2) is 9.78 Å². The molecule has 0 fully saturated rings. The molecule has 0 aliphatic heterocycles. The summed E-state index contributed by atoms with van der Waals surface area (Å²) in [4.78, 5) is 0. The third-order valence-electron chi connectivity index (χ3n) is 1.53. The summed E-state index contributed by atoms with van der Waals surface area (Å²) in [6.07, 6.45) is 1.90. The molecular formula is C8H14Cl2N2. The third-order valence-corrected chi connectivity index (χ3v) is 1.78. The molecule has 70 valence electrons. The minimum atomic E-state index is 0. The van der Waals surface area contributed by atoms with Crippen LogP contribution < -0.4 is 0 Å². The zero-order valence-corrected chi connectivity index (χ0v) is 9.11. The Labute approximate surface area is 84.3 Å². The SMILES string of the molecule is CC(C)(C)c1ccn(CCl)n1.Cl. The molecule has 0 spiro atoms. The first-order chi connectivity index (χ1) is 5.04. The summed E-state index contributed by atoms with van der Waals surface area (Å²) in [6.45, 7) is 6.40. The van der Waals surface area contributed by atoms with Gasteiger partial charge in [-0.05, 0) is 6.07 Å². The van der Waals surface area contributed by atoms with Gasteiger partial charge in [0.15, 0.2) is 0 Å². The highest BCUT2D eigenvalue weighted by Gasteiger charge is 2.16. The minimum absolute atomic E-state index is 0. The van der Waals surface area contributed by atoms with Gasteiger partial charge in [0.05, 0.1) is 5.69 Å². The Hall–Kier alpha value is -0.210. The lowest BCUT2D eigenvalue weighted by atomic mass is 9.93. The first-order valence-electron chi connectivity index (χ1n) is 3.64. The number of alkyl halides is 1. The Morgan fingerprint density at radius 2 is 2.08 bits per heavy atom. The first-order valence-corrected chi connectivity index (χ1v) is 4.17. The largest absolute Gasteiger partial charge is 0.258 e. The van der Waals surface area contributed by atoms with E-state index >= 15 is 0 Å². The van der Waals surface area contributed by atoms with Gasteiger partial charge in [-0.25, -0.2) is 0 Å². The lowest BCUT2D eigenvalue weighted by molar-refractivity contribution is 0.551. The minimum Gasteiger partial charge on any atom is -0.258 e. The molecule has 1 aromatic heterocycles. The van der Waals surface area contributed by atoms with Crippen LogP contribution in [0.1, 0.15) is 26.5 Å². The molecule has 0 saturated heterocycles. The van der Waals surface area contributed by atoms with E-state index in [-0.39, 0.29) is 17.8 Å². The van der Waals surface area contributed by atoms with Crippen LogP contribution in [0.25, 0.3) is 0 Å². The summed E-state index contributed by atoms with van der Waals surface area (Å²) >= 11 is 5.59. The molecule has 0 unspecified atom stereocenters. The van der Waals surface area contributed by atoms with Crippen LogP contribution in [-0.2, 0) is 11.4 Å². The van der Waals surface area contributed by atoms with Crippen molar-refractivity contribution < 1.29 is 0 Å². The fourth-order valence-electron chi connectivity index (χ4n) is 0.828. The zero-order chi connectivity index (χ0) is 8.48. The second-order valence-electron chi connectivity index (χ2n) is 3.61. The molecule has 0 N–H and O–H groups in total. The van der Waals surface area contributed by atoms with Crippen molar-refractivity contribution in [2.24, 2.45) is 0 Å². The van der Waals surface area contributed by atoms with Crippen LogP contribution in [0.15, 0.2) is 12.3 Å². The second-order valence-corrected chi connectivity index (χ2v) is 3.85. The van der Waals surface area contributed by atoms with Crippen LogP contribution in [0.5, 0.6) is 0 Å². The highest BCUT2D eigenvalue weighted by atomic mass is 35.5. The van der Waals surface area contributed by atoms with Gasteiger partial charge in [0, 0.05) is 11.6 Å². The molecule has 0 aromatic carbocycles. The molecular weight excluding hydrogens is 195 g/mol. The van der Waals surface area contributed by atoms with E-state index in [4.69, 9.17) is 11.6 Å². The Balaban J connectivity index is 0.00000121. The summed E-state index contributed by atoms with van der Waals surface area (Å²) in [7, 11) is 0. The molecule has 0 radical (unpaired) electrons. The predicted molar refractivity (Wildman–Crippen MR) is 54.0 cm³/mol. The average Bonchev–Trinajstić information content (AvgIpc) is 2.32. The van der Waals surface area contributed by atoms with Crippen molar-refractivity contribution >= 4 is 24.0 Å². The predicted octanol–water partition coefficient (Wildman–Crippen LogP) is 2.80. The molecule has 0 bridgehead atoms. The topological polar surface area (TPSA) is 17.8 Å². The van der Waals surface area contributed by atoms with E-state index in [9.17, 15) is 0 Å². The summed E-state index contributed by atoms with van der Waals surface area (Å²) < 4.78 is 1.72. The number of nitrogens with zero attached hydrogens (tertiary/aromatic N) is 2. The van der Waals surface area contributed by atoms with Gasteiger partial charge in [0.25, 0.3) is 0 Å². The van der Waals surface area contributed by atoms with Crippen molar-refractivity contribution in [3.8, 4) is 0 Å². The molecule has 0 saturated carbocycles. The van der Waals surface area contributed by atoms with E-state index < -0.39 is 0 Å². The maximum absolute atomic E-state index is 5.59. The van der Waals surface area contributed by atoms with Crippen molar-refractivity contribution in [3.05, 3.63) is 18.0 Å². The van der Waals surface area contributed by atoms with Gasteiger partial charge in [0.2, 0.25) is 0 Å². The van der Waals surface area contributed by atoms with Crippen LogP contribution >= 0.6 is 24.0 Å². The monoisotopic (exact) mass is 208 g/mol. The van der Waals surface area contributed by atoms with Gasteiger partial charge in [0.1, 0.15) is 6.00 Å². The standard InChI is InChI=1S/C8H13ClN2.ClH/c1-8(2,3)7-4-5-11(6-9)10-7;/h4-5H,6H2,1-3H3;1H. The molecule has 0 atom stereocenters. The van der Waals surface area contributed by atoms with E-state index in [1.54, 1.807) is 4.68 Å². The zero-order valence-electron chi connectivity index (χ0n) is 7.54. The number of aromatic nitrogens is 2. The lowest BCUT2D eigenvalue weighted by Crippen LogP contribution is -2.12. The fourth-order valence-corrected chi connectivity index (χ4v) is 0.961. The normalized spacial score (nSPS) is 11.0. The van der Waals surface area contributed by atoms with Gasteiger partial charge >= 0.3 is 0 Å². The summed E-state index contributed by atoms with van der Waals surface area (Å²) in [5, 5.41) is 4.28. The average molecular weight is 209 g/mol. The molecule has 1 heterocycles. The number of rotatable bonds is 1. The number of hydrogen-bond donors (Lipinski definition) is 0. The van der Waals surface area contributed by atoms with Crippen LogP contribution in [0.2, 0.25) is 0 Å². The quantitative estimate of drug-likeness (QED) is 0.650. The van der Waals surface area contributed by atoms with E-state index in [1.807, 2.05) is 12.3 Å². The Kier molecular flexibility index (Phi) is 4.08. The van der Waals surface area contributed by atoms with Gasteiger partial charge in [-0.2, -0.15) is 5.10 Å². The van der Waals surface area contributed by atoms with Crippen LogP contribution in [0, 0.1) is 0 Å². The van der Waals surface area contributed by atoms with Crippen molar-refractivity contribution in [1.29, 1.82) is 0 Å².